The average molecular weight is 325 g/mol. The number of anilines is 2. The van der Waals surface area contributed by atoms with Gasteiger partial charge in [0.1, 0.15) is 5.82 Å². The molecule has 0 radical (unpaired) electrons. The zero-order valence-corrected chi connectivity index (χ0v) is 13.1. The second kappa shape index (κ2) is 6.41. The van der Waals surface area contributed by atoms with Gasteiger partial charge in [-0.05, 0) is 30.3 Å². The number of nitrogens with one attached hydrogen (secondary N) is 1. The molecule has 0 fully saturated rings. The zero-order chi connectivity index (χ0) is 17.1. The molecule has 0 bridgehead atoms. The van der Waals surface area contributed by atoms with Crippen molar-refractivity contribution in [1.82, 2.24) is 4.98 Å². The van der Waals surface area contributed by atoms with Crippen molar-refractivity contribution < 1.29 is 14.4 Å². The summed E-state index contributed by atoms with van der Waals surface area (Å²) in [5, 5.41) is 14.7. The maximum absolute atomic E-state index is 10.7. The second-order valence-corrected chi connectivity index (χ2v) is 5.03. The Balaban J connectivity index is 1.91. The lowest BCUT2D eigenvalue weighted by Crippen LogP contribution is -1.96. The van der Waals surface area contributed by atoms with E-state index < -0.39 is 4.92 Å². The van der Waals surface area contributed by atoms with Crippen molar-refractivity contribution in [2.75, 3.05) is 19.5 Å². The Bertz CT molecular complexity index is 894. The number of nitro benzene ring substituents is 1. The summed E-state index contributed by atoms with van der Waals surface area (Å²) < 4.78 is 10.6. The number of hydrogen-bond donors (Lipinski definition) is 1. The molecular formula is C17H15N3O4. The Hall–Kier alpha value is -3.35. The normalized spacial score (nSPS) is 10.4. The van der Waals surface area contributed by atoms with Crippen molar-refractivity contribution in [2.24, 2.45) is 0 Å². The van der Waals surface area contributed by atoms with Crippen LogP contribution in [0.25, 0.3) is 10.9 Å². The van der Waals surface area contributed by atoms with Crippen LogP contribution in [0, 0.1) is 10.1 Å². The van der Waals surface area contributed by atoms with Crippen molar-refractivity contribution in [3.05, 3.63) is 58.6 Å². The molecule has 0 spiro atoms. The van der Waals surface area contributed by atoms with Crippen LogP contribution in [0.15, 0.2) is 48.5 Å². The third-order valence-corrected chi connectivity index (χ3v) is 3.55. The molecule has 0 atom stereocenters. The zero-order valence-electron chi connectivity index (χ0n) is 13.1. The maximum atomic E-state index is 10.7. The molecule has 3 aromatic rings. The van der Waals surface area contributed by atoms with Crippen LogP contribution in [0.1, 0.15) is 0 Å². The summed E-state index contributed by atoms with van der Waals surface area (Å²) >= 11 is 0. The van der Waals surface area contributed by atoms with Crippen LogP contribution in [0.4, 0.5) is 17.2 Å². The number of hydrogen-bond acceptors (Lipinski definition) is 6. The van der Waals surface area contributed by atoms with Gasteiger partial charge in [0.2, 0.25) is 0 Å². The minimum absolute atomic E-state index is 0.0452. The van der Waals surface area contributed by atoms with Crippen LogP contribution in [0.5, 0.6) is 11.5 Å². The summed E-state index contributed by atoms with van der Waals surface area (Å²) in [5.74, 6) is 1.87. The fraction of sp³-hybridized carbons (Fsp3) is 0.118. The highest BCUT2D eigenvalue weighted by molar-refractivity contribution is 5.84. The molecule has 1 aromatic heterocycles. The Labute approximate surface area is 138 Å². The number of ether oxygens (including phenoxy) is 2. The lowest BCUT2D eigenvalue weighted by molar-refractivity contribution is -0.384. The predicted molar refractivity (Wildman–Crippen MR) is 91.2 cm³/mol. The molecule has 0 aliphatic carbocycles. The van der Waals surface area contributed by atoms with Crippen LogP contribution in [-0.2, 0) is 0 Å². The highest BCUT2D eigenvalue weighted by atomic mass is 16.6. The first kappa shape index (κ1) is 15.5. The summed E-state index contributed by atoms with van der Waals surface area (Å²) in [7, 11) is 3.16. The van der Waals surface area contributed by atoms with E-state index in [1.807, 2.05) is 18.2 Å². The Morgan fingerprint density at radius 3 is 2.29 bits per heavy atom. The minimum atomic E-state index is -0.433. The number of nitro groups is 1. The molecule has 0 aliphatic heterocycles. The number of benzene rings is 2. The molecule has 0 saturated heterocycles. The minimum Gasteiger partial charge on any atom is -0.493 e. The van der Waals surface area contributed by atoms with E-state index in [0.717, 1.165) is 10.9 Å². The SMILES string of the molecule is COc1cc2ccc(Nc3ccc([N+](=O)[O-])cc3)nc2cc1OC. The van der Waals surface area contributed by atoms with Crippen LogP contribution in [-0.4, -0.2) is 24.1 Å². The topological polar surface area (TPSA) is 86.5 Å². The molecule has 24 heavy (non-hydrogen) atoms. The number of aromatic nitrogens is 1. The van der Waals surface area contributed by atoms with E-state index in [1.54, 1.807) is 32.4 Å². The van der Waals surface area contributed by atoms with Gasteiger partial charge in [0.25, 0.3) is 5.69 Å². The van der Waals surface area contributed by atoms with Gasteiger partial charge in [0.05, 0.1) is 24.7 Å². The smallest absolute Gasteiger partial charge is 0.269 e. The Morgan fingerprint density at radius 1 is 1.00 bits per heavy atom. The number of non-ortho nitro benzene ring substituents is 1. The molecule has 7 nitrogen and oxygen atoms in total. The summed E-state index contributed by atoms with van der Waals surface area (Å²) in [5.41, 5.74) is 1.51. The molecule has 0 saturated carbocycles. The number of rotatable bonds is 5. The maximum Gasteiger partial charge on any atom is 0.269 e. The molecule has 0 amide bonds. The molecule has 0 aliphatic rings. The highest BCUT2D eigenvalue weighted by Crippen LogP contribution is 2.32. The van der Waals surface area contributed by atoms with Gasteiger partial charge in [-0.15, -0.1) is 0 Å². The quantitative estimate of drug-likeness (QED) is 0.565. The van der Waals surface area contributed by atoms with Gasteiger partial charge in [-0.3, -0.25) is 10.1 Å². The lowest BCUT2D eigenvalue weighted by atomic mass is 10.2. The Morgan fingerprint density at radius 2 is 1.67 bits per heavy atom. The summed E-state index contributed by atoms with van der Waals surface area (Å²) in [4.78, 5) is 14.8. The molecule has 122 valence electrons. The van der Waals surface area contributed by atoms with Gasteiger partial charge >= 0.3 is 0 Å². The number of fused-ring (bicyclic) bond motifs is 1. The standard InChI is InChI=1S/C17H15N3O4/c1-23-15-9-11-3-8-17(19-14(11)10-16(15)24-2)18-12-4-6-13(7-5-12)20(21)22/h3-10H,1-2H3,(H,18,19). The molecular weight excluding hydrogens is 310 g/mol. The monoisotopic (exact) mass is 325 g/mol. The Kier molecular flexibility index (Phi) is 4.15. The molecule has 0 unspecified atom stereocenters. The fourth-order valence-corrected chi connectivity index (χ4v) is 2.33. The predicted octanol–water partition coefficient (Wildman–Crippen LogP) is 3.90. The summed E-state index contributed by atoms with van der Waals surface area (Å²) in [6.07, 6.45) is 0. The molecule has 7 heteroatoms. The fourth-order valence-electron chi connectivity index (χ4n) is 2.33. The third-order valence-electron chi connectivity index (χ3n) is 3.55. The number of pyridine rings is 1. The van der Waals surface area contributed by atoms with E-state index >= 15 is 0 Å². The highest BCUT2D eigenvalue weighted by Gasteiger charge is 2.08. The van der Waals surface area contributed by atoms with Crippen LogP contribution in [0.2, 0.25) is 0 Å². The molecule has 2 aromatic carbocycles. The van der Waals surface area contributed by atoms with Crippen molar-refractivity contribution in [3.63, 3.8) is 0 Å². The number of methoxy groups -OCH3 is 2. The summed E-state index contributed by atoms with van der Waals surface area (Å²) in [6, 6.07) is 13.6. The average Bonchev–Trinajstić information content (AvgIpc) is 2.60. The van der Waals surface area contributed by atoms with Crippen molar-refractivity contribution in [2.45, 2.75) is 0 Å². The molecule has 3 rings (SSSR count). The van der Waals surface area contributed by atoms with E-state index in [2.05, 4.69) is 10.3 Å². The van der Waals surface area contributed by atoms with E-state index in [-0.39, 0.29) is 5.69 Å². The first-order valence-corrected chi connectivity index (χ1v) is 7.15. The van der Waals surface area contributed by atoms with Gasteiger partial charge < -0.3 is 14.8 Å². The van der Waals surface area contributed by atoms with Gasteiger partial charge in [0, 0.05) is 29.3 Å². The van der Waals surface area contributed by atoms with Crippen LogP contribution in [0.3, 0.4) is 0 Å². The van der Waals surface area contributed by atoms with E-state index in [4.69, 9.17) is 9.47 Å². The van der Waals surface area contributed by atoms with Crippen molar-refractivity contribution >= 4 is 28.1 Å². The lowest BCUT2D eigenvalue weighted by Gasteiger charge is -2.10. The van der Waals surface area contributed by atoms with Gasteiger partial charge in [0.15, 0.2) is 11.5 Å². The van der Waals surface area contributed by atoms with E-state index in [9.17, 15) is 10.1 Å². The summed E-state index contributed by atoms with van der Waals surface area (Å²) in [6.45, 7) is 0. The first-order chi connectivity index (χ1) is 11.6. The van der Waals surface area contributed by atoms with Gasteiger partial charge in [-0.25, -0.2) is 4.98 Å². The first-order valence-electron chi connectivity index (χ1n) is 7.15. The van der Waals surface area contributed by atoms with Gasteiger partial charge in [-0.2, -0.15) is 0 Å². The largest absolute Gasteiger partial charge is 0.493 e. The number of nitrogens with zero attached hydrogens (tertiary/aromatic N) is 2. The second-order valence-electron chi connectivity index (χ2n) is 5.03. The molecule has 1 heterocycles. The van der Waals surface area contributed by atoms with Crippen molar-refractivity contribution in [1.29, 1.82) is 0 Å². The van der Waals surface area contributed by atoms with Gasteiger partial charge in [-0.1, -0.05) is 0 Å². The van der Waals surface area contributed by atoms with E-state index in [1.165, 1.54) is 12.1 Å². The third kappa shape index (κ3) is 3.05. The van der Waals surface area contributed by atoms with Crippen LogP contribution < -0.4 is 14.8 Å². The van der Waals surface area contributed by atoms with Crippen molar-refractivity contribution in [3.8, 4) is 11.5 Å². The molecule has 1 N–H and O–H groups in total. The van der Waals surface area contributed by atoms with Crippen LogP contribution >= 0.6 is 0 Å². The van der Waals surface area contributed by atoms with E-state index in [0.29, 0.717) is 23.0 Å².